The second-order valence-electron chi connectivity index (χ2n) is 5.32. The van der Waals surface area contributed by atoms with Crippen molar-refractivity contribution in [3.05, 3.63) is 47.0 Å². The highest BCUT2D eigenvalue weighted by atomic mass is 16.1. The molecule has 0 aliphatic carbocycles. The van der Waals surface area contributed by atoms with Crippen molar-refractivity contribution in [2.24, 2.45) is 0 Å². The Bertz CT molecular complexity index is 687. The molecule has 3 rings (SSSR count). The highest BCUT2D eigenvalue weighted by Gasteiger charge is 2.19. The number of carbonyl (C=O) groups is 1. The van der Waals surface area contributed by atoms with Gasteiger partial charge < -0.3 is 16.4 Å². The van der Waals surface area contributed by atoms with E-state index in [0.717, 1.165) is 22.6 Å². The molecule has 1 amide bonds. The molecule has 0 bridgehead atoms. The second kappa shape index (κ2) is 4.56. The van der Waals surface area contributed by atoms with Crippen LogP contribution in [0.3, 0.4) is 0 Å². The van der Waals surface area contributed by atoms with Crippen molar-refractivity contribution in [2.45, 2.75) is 20.3 Å². The molecule has 102 valence electrons. The van der Waals surface area contributed by atoms with Crippen molar-refractivity contribution in [1.29, 1.82) is 0 Å². The summed E-state index contributed by atoms with van der Waals surface area (Å²) < 4.78 is 0. The van der Waals surface area contributed by atoms with Gasteiger partial charge in [0, 0.05) is 11.4 Å². The fourth-order valence-electron chi connectivity index (χ4n) is 2.60. The van der Waals surface area contributed by atoms with Crippen molar-refractivity contribution < 1.29 is 4.79 Å². The first-order chi connectivity index (χ1) is 9.51. The van der Waals surface area contributed by atoms with E-state index in [0.29, 0.717) is 12.1 Å². The lowest BCUT2D eigenvalue weighted by molar-refractivity contribution is -0.115. The number of nitrogens with one attached hydrogen (secondary N) is 2. The molecule has 4 heteroatoms. The molecule has 0 fully saturated rings. The minimum Gasteiger partial charge on any atom is -0.397 e. The maximum Gasteiger partial charge on any atom is 0.228 e. The van der Waals surface area contributed by atoms with Crippen LogP contribution in [-0.4, -0.2) is 5.91 Å². The Morgan fingerprint density at radius 3 is 2.50 bits per heavy atom. The van der Waals surface area contributed by atoms with Crippen molar-refractivity contribution in [3.8, 4) is 0 Å². The zero-order valence-corrected chi connectivity index (χ0v) is 11.6. The van der Waals surface area contributed by atoms with Gasteiger partial charge in [-0.25, -0.2) is 0 Å². The number of benzene rings is 2. The molecular weight excluding hydrogens is 250 g/mol. The third-order valence-corrected chi connectivity index (χ3v) is 3.40. The van der Waals surface area contributed by atoms with Crippen molar-refractivity contribution >= 4 is 28.7 Å². The number of hydrogen-bond donors (Lipinski definition) is 3. The number of rotatable bonds is 2. The number of fused-ring (bicyclic) bond motifs is 1. The molecule has 0 atom stereocenters. The summed E-state index contributed by atoms with van der Waals surface area (Å²) in [6.45, 7) is 4.12. The van der Waals surface area contributed by atoms with E-state index in [9.17, 15) is 4.79 Å². The average Bonchev–Trinajstić information content (AvgIpc) is 2.67. The second-order valence-corrected chi connectivity index (χ2v) is 5.32. The molecule has 2 aromatic carbocycles. The first-order valence-corrected chi connectivity index (χ1v) is 6.59. The number of hydrogen-bond acceptors (Lipinski definition) is 3. The molecule has 0 radical (unpaired) electrons. The molecule has 1 aliphatic heterocycles. The summed E-state index contributed by atoms with van der Waals surface area (Å²) in [5, 5.41) is 6.16. The lowest BCUT2D eigenvalue weighted by Gasteiger charge is -2.13. The Balaban J connectivity index is 1.95. The average molecular weight is 267 g/mol. The standard InChI is InChI=1S/C16H17N3O/c1-9-3-10(2)5-12(4-9)18-15-8-14-11(6-13(15)17)7-16(20)19-14/h3-6,8,18H,7,17H2,1-2H3,(H,19,20). The molecular formula is C16H17N3O. The van der Waals surface area contributed by atoms with E-state index in [1.54, 1.807) is 0 Å². The van der Waals surface area contributed by atoms with Crippen molar-refractivity contribution in [3.63, 3.8) is 0 Å². The van der Waals surface area contributed by atoms with E-state index in [-0.39, 0.29) is 5.91 Å². The number of aryl methyl sites for hydroxylation is 2. The molecule has 20 heavy (non-hydrogen) atoms. The summed E-state index contributed by atoms with van der Waals surface area (Å²) in [6.07, 6.45) is 0.406. The van der Waals surface area contributed by atoms with Crippen LogP contribution >= 0.6 is 0 Å². The topological polar surface area (TPSA) is 67.1 Å². The lowest BCUT2D eigenvalue weighted by atomic mass is 10.1. The smallest absolute Gasteiger partial charge is 0.228 e. The van der Waals surface area contributed by atoms with Gasteiger partial charge >= 0.3 is 0 Å². The van der Waals surface area contributed by atoms with Gasteiger partial charge in [0.25, 0.3) is 0 Å². The largest absolute Gasteiger partial charge is 0.397 e. The zero-order chi connectivity index (χ0) is 14.3. The van der Waals surface area contributed by atoms with Crippen LogP contribution in [0, 0.1) is 13.8 Å². The van der Waals surface area contributed by atoms with Gasteiger partial charge in [0.05, 0.1) is 17.8 Å². The fourth-order valence-corrected chi connectivity index (χ4v) is 2.60. The molecule has 2 aromatic rings. The summed E-state index contributed by atoms with van der Waals surface area (Å²) in [5.41, 5.74) is 12.7. The van der Waals surface area contributed by atoms with Gasteiger partial charge in [0.1, 0.15) is 0 Å². The Hall–Kier alpha value is -2.49. The summed E-state index contributed by atoms with van der Waals surface area (Å²) in [5.74, 6) is 0.0166. The minimum atomic E-state index is 0.0166. The van der Waals surface area contributed by atoms with Gasteiger partial charge in [0.2, 0.25) is 5.91 Å². The molecule has 0 saturated carbocycles. The number of anilines is 4. The van der Waals surface area contributed by atoms with Crippen LogP contribution in [-0.2, 0) is 11.2 Å². The van der Waals surface area contributed by atoms with E-state index in [1.165, 1.54) is 11.1 Å². The zero-order valence-electron chi connectivity index (χ0n) is 11.6. The molecule has 1 heterocycles. The van der Waals surface area contributed by atoms with Gasteiger partial charge in [0.15, 0.2) is 0 Å². The highest BCUT2D eigenvalue weighted by molar-refractivity contribution is 6.01. The summed E-state index contributed by atoms with van der Waals surface area (Å²) in [7, 11) is 0. The van der Waals surface area contributed by atoms with Gasteiger partial charge in [-0.15, -0.1) is 0 Å². The summed E-state index contributed by atoms with van der Waals surface area (Å²) >= 11 is 0. The van der Waals surface area contributed by atoms with Crippen molar-refractivity contribution in [1.82, 2.24) is 0 Å². The molecule has 4 N–H and O–H groups in total. The number of nitrogen functional groups attached to an aromatic ring is 1. The van der Waals surface area contributed by atoms with E-state index < -0.39 is 0 Å². The normalized spacial score (nSPS) is 13.0. The highest BCUT2D eigenvalue weighted by Crippen LogP contribution is 2.33. The van der Waals surface area contributed by atoms with Crippen LogP contribution in [0.4, 0.5) is 22.7 Å². The van der Waals surface area contributed by atoms with Gasteiger partial charge in [-0.2, -0.15) is 0 Å². The third-order valence-electron chi connectivity index (χ3n) is 3.40. The lowest BCUT2D eigenvalue weighted by Crippen LogP contribution is -2.03. The third kappa shape index (κ3) is 2.32. The SMILES string of the molecule is Cc1cc(C)cc(Nc2cc3c(cc2N)CC(=O)N3)c1. The Kier molecular flexibility index (Phi) is 2.86. The molecule has 0 aromatic heterocycles. The van der Waals surface area contributed by atoms with Crippen LogP contribution < -0.4 is 16.4 Å². The molecule has 0 unspecified atom stereocenters. The maximum atomic E-state index is 11.4. The maximum absolute atomic E-state index is 11.4. The van der Waals surface area contributed by atoms with E-state index in [4.69, 9.17) is 5.73 Å². The molecule has 1 aliphatic rings. The fraction of sp³-hybridized carbons (Fsp3) is 0.188. The van der Waals surface area contributed by atoms with Gasteiger partial charge in [-0.1, -0.05) is 6.07 Å². The Morgan fingerprint density at radius 2 is 1.80 bits per heavy atom. The number of nitrogens with two attached hydrogens (primary N) is 1. The number of amides is 1. The minimum absolute atomic E-state index is 0.0166. The monoisotopic (exact) mass is 267 g/mol. The molecule has 0 saturated heterocycles. The van der Waals surface area contributed by atoms with E-state index in [1.807, 2.05) is 12.1 Å². The van der Waals surface area contributed by atoms with E-state index >= 15 is 0 Å². The quantitative estimate of drug-likeness (QED) is 0.732. The van der Waals surface area contributed by atoms with Crippen LogP contribution in [0.5, 0.6) is 0 Å². The van der Waals surface area contributed by atoms with Crippen molar-refractivity contribution in [2.75, 3.05) is 16.4 Å². The van der Waals surface area contributed by atoms with Crippen LogP contribution in [0.15, 0.2) is 30.3 Å². The first-order valence-electron chi connectivity index (χ1n) is 6.59. The summed E-state index contributed by atoms with van der Waals surface area (Å²) in [6, 6.07) is 10.0. The van der Waals surface area contributed by atoms with Gasteiger partial charge in [-0.05, 0) is 54.8 Å². The molecule has 4 nitrogen and oxygen atoms in total. The Labute approximate surface area is 118 Å². The van der Waals surface area contributed by atoms with Crippen LogP contribution in [0.2, 0.25) is 0 Å². The van der Waals surface area contributed by atoms with Crippen LogP contribution in [0.25, 0.3) is 0 Å². The Morgan fingerprint density at radius 1 is 1.10 bits per heavy atom. The van der Waals surface area contributed by atoms with Gasteiger partial charge in [-0.3, -0.25) is 4.79 Å². The predicted molar refractivity (Wildman–Crippen MR) is 82.4 cm³/mol. The van der Waals surface area contributed by atoms with Crippen LogP contribution in [0.1, 0.15) is 16.7 Å². The summed E-state index contributed by atoms with van der Waals surface area (Å²) in [4.78, 5) is 11.4. The molecule has 0 spiro atoms. The first kappa shape index (κ1) is 12.5. The van der Waals surface area contributed by atoms with E-state index in [2.05, 4.69) is 42.7 Å². The number of carbonyl (C=O) groups excluding carboxylic acids is 1. The predicted octanol–water partition coefficient (Wildman–Crippen LogP) is 3.12.